The predicted octanol–water partition coefficient (Wildman–Crippen LogP) is 4.15. The molecule has 0 radical (unpaired) electrons. The zero-order chi connectivity index (χ0) is 18.1. The van der Waals surface area contributed by atoms with Gasteiger partial charge in [0.25, 0.3) is 0 Å². The average molecular weight is 347 g/mol. The number of benzene rings is 2. The minimum atomic E-state index is -0.148. The molecule has 0 amide bonds. The number of rotatable bonds is 4. The first-order valence-corrected chi connectivity index (χ1v) is 8.88. The number of unbranched alkanes of at least 4 members (excludes halogenated alkanes) is 1. The van der Waals surface area contributed by atoms with E-state index in [4.69, 9.17) is 10.1 Å². The van der Waals surface area contributed by atoms with Crippen molar-refractivity contribution in [1.29, 1.82) is 5.41 Å². The molecule has 1 aromatic heterocycles. The largest absolute Gasteiger partial charge is 0.508 e. The van der Waals surface area contributed by atoms with Crippen LogP contribution in [0.1, 0.15) is 42.4 Å². The molecule has 5 heteroatoms. The second-order valence-electron chi connectivity index (χ2n) is 6.53. The maximum atomic E-state index is 9.85. The lowest BCUT2D eigenvalue weighted by Crippen LogP contribution is -2.29. The van der Waals surface area contributed by atoms with Crippen LogP contribution in [-0.4, -0.2) is 14.7 Å². The fraction of sp³-hybridized carbons (Fsp3) is 0.238. The van der Waals surface area contributed by atoms with Crippen molar-refractivity contribution in [3.05, 3.63) is 77.0 Å². The van der Waals surface area contributed by atoms with Crippen LogP contribution >= 0.6 is 0 Å². The van der Waals surface area contributed by atoms with Crippen LogP contribution < -0.4 is 10.2 Å². The second-order valence-corrected chi connectivity index (χ2v) is 6.53. The van der Waals surface area contributed by atoms with E-state index in [0.717, 1.165) is 36.1 Å². The molecule has 1 aliphatic heterocycles. The van der Waals surface area contributed by atoms with Gasteiger partial charge in [-0.1, -0.05) is 49.7 Å². The molecule has 4 rings (SSSR count). The van der Waals surface area contributed by atoms with Crippen LogP contribution in [0, 0.1) is 5.41 Å². The van der Waals surface area contributed by atoms with Crippen molar-refractivity contribution in [2.24, 2.45) is 0 Å². The van der Waals surface area contributed by atoms with Crippen LogP contribution in [0.25, 0.3) is 0 Å². The maximum absolute atomic E-state index is 9.85. The van der Waals surface area contributed by atoms with Gasteiger partial charge in [0.05, 0.1) is 5.56 Å². The summed E-state index contributed by atoms with van der Waals surface area (Å²) in [5.74, 6) is 1.03. The Kier molecular flexibility index (Phi) is 4.21. The Labute approximate surface area is 152 Å². The number of aromatic nitrogens is 2. The van der Waals surface area contributed by atoms with E-state index in [-0.39, 0.29) is 11.7 Å². The molecule has 0 fully saturated rings. The summed E-state index contributed by atoms with van der Waals surface area (Å²) in [6, 6.07) is 15.2. The van der Waals surface area contributed by atoms with Crippen LogP contribution in [0.5, 0.6) is 17.4 Å². The van der Waals surface area contributed by atoms with Gasteiger partial charge in [0.2, 0.25) is 5.88 Å². The van der Waals surface area contributed by atoms with E-state index in [1.807, 2.05) is 28.8 Å². The quantitative estimate of drug-likeness (QED) is 0.582. The highest BCUT2D eigenvalue weighted by atomic mass is 16.5. The number of nitrogens with one attached hydrogen (secondary N) is 1. The molecule has 0 bridgehead atoms. The van der Waals surface area contributed by atoms with Gasteiger partial charge >= 0.3 is 0 Å². The van der Waals surface area contributed by atoms with E-state index in [1.165, 1.54) is 0 Å². The fourth-order valence-electron chi connectivity index (χ4n) is 3.45. The zero-order valence-corrected chi connectivity index (χ0v) is 14.6. The lowest BCUT2D eigenvalue weighted by Gasteiger charge is -2.28. The van der Waals surface area contributed by atoms with Crippen LogP contribution in [0.2, 0.25) is 0 Å². The van der Waals surface area contributed by atoms with Crippen LogP contribution in [0.15, 0.2) is 54.9 Å². The molecule has 2 N–H and O–H groups in total. The van der Waals surface area contributed by atoms with Crippen molar-refractivity contribution in [1.82, 2.24) is 9.55 Å². The SMILES string of the molecule is CCCCn1cnc2c(c1=N)[C@H](c1ccccc1)c1ccc(O)cc1O2. The third-order valence-corrected chi connectivity index (χ3v) is 4.78. The maximum Gasteiger partial charge on any atom is 0.228 e. The highest BCUT2D eigenvalue weighted by molar-refractivity contribution is 5.57. The summed E-state index contributed by atoms with van der Waals surface area (Å²) in [7, 11) is 0. The monoisotopic (exact) mass is 347 g/mol. The van der Waals surface area contributed by atoms with Crippen molar-refractivity contribution in [2.75, 3.05) is 0 Å². The molecule has 0 unspecified atom stereocenters. The van der Waals surface area contributed by atoms with E-state index in [9.17, 15) is 5.11 Å². The molecule has 5 nitrogen and oxygen atoms in total. The molecule has 2 heterocycles. The van der Waals surface area contributed by atoms with E-state index in [2.05, 4.69) is 24.0 Å². The first-order valence-electron chi connectivity index (χ1n) is 8.88. The van der Waals surface area contributed by atoms with Crippen molar-refractivity contribution in [3.8, 4) is 17.4 Å². The topological polar surface area (TPSA) is 71.1 Å². The number of phenols is 1. The first kappa shape index (κ1) is 16.4. The molecular formula is C21H21N3O2. The highest BCUT2D eigenvalue weighted by Gasteiger charge is 2.32. The lowest BCUT2D eigenvalue weighted by atomic mass is 9.84. The highest BCUT2D eigenvalue weighted by Crippen LogP contribution is 2.45. The van der Waals surface area contributed by atoms with E-state index in [1.54, 1.807) is 18.5 Å². The van der Waals surface area contributed by atoms with E-state index in [0.29, 0.717) is 17.1 Å². The lowest BCUT2D eigenvalue weighted by molar-refractivity contribution is 0.412. The molecule has 132 valence electrons. The van der Waals surface area contributed by atoms with Gasteiger partial charge in [0.1, 0.15) is 23.3 Å². The fourth-order valence-corrected chi connectivity index (χ4v) is 3.45. The van der Waals surface area contributed by atoms with Gasteiger partial charge in [0, 0.05) is 24.1 Å². The third-order valence-electron chi connectivity index (χ3n) is 4.78. The molecule has 0 saturated heterocycles. The van der Waals surface area contributed by atoms with Crippen molar-refractivity contribution in [3.63, 3.8) is 0 Å². The minimum absolute atomic E-state index is 0.148. The number of aryl methyl sites for hydroxylation is 1. The zero-order valence-electron chi connectivity index (χ0n) is 14.6. The van der Waals surface area contributed by atoms with E-state index >= 15 is 0 Å². The molecule has 1 atom stereocenters. The van der Waals surface area contributed by atoms with Gasteiger partial charge in [0.15, 0.2) is 0 Å². The van der Waals surface area contributed by atoms with Crippen LogP contribution in [-0.2, 0) is 6.54 Å². The molecule has 26 heavy (non-hydrogen) atoms. The average Bonchev–Trinajstić information content (AvgIpc) is 2.66. The standard InChI is InChI=1S/C21H21N3O2/c1-2-3-11-24-13-23-21-19(20(24)22)18(14-7-5-4-6-8-14)16-10-9-15(25)12-17(16)26-21/h4-10,12-13,18,22,25H,2-3,11H2,1H3/t18-/m1/s1. The second kappa shape index (κ2) is 6.67. The summed E-state index contributed by atoms with van der Waals surface area (Å²) in [5, 5.41) is 18.6. The Bertz CT molecular complexity index is 996. The number of aromatic hydroxyl groups is 1. The molecule has 2 aromatic carbocycles. The molecule has 0 saturated carbocycles. The predicted molar refractivity (Wildman–Crippen MR) is 98.6 cm³/mol. The number of nitrogens with zero attached hydrogens (tertiary/aromatic N) is 2. The number of ether oxygens (including phenoxy) is 1. The molecule has 0 spiro atoms. The Hall–Kier alpha value is -3.08. The number of hydrogen-bond donors (Lipinski definition) is 2. The Morgan fingerprint density at radius 2 is 2.00 bits per heavy atom. The number of fused-ring (bicyclic) bond motifs is 2. The van der Waals surface area contributed by atoms with Gasteiger partial charge in [-0.05, 0) is 18.1 Å². The van der Waals surface area contributed by atoms with Gasteiger partial charge in [-0.15, -0.1) is 0 Å². The summed E-state index contributed by atoms with van der Waals surface area (Å²) in [6.45, 7) is 2.90. The third kappa shape index (κ3) is 2.75. The van der Waals surface area contributed by atoms with Gasteiger partial charge < -0.3 is 14.4 Å². The Morgan fingerprint density at radius 1 is 1.19 bits per heavy atom. The Morgan fingerprint density at radius 3 is 2.77 bits per heavy atom. The summed E-state index contributed by atoms with van der Waals surface area (Å²) >= 11 is 0. The molecule has 1 aliphatic rings. The molecule has 3 aromatic rings. The van der Waals surface area contributed by atoms with Crippen molar-refractivity contribution >= 4 is 0 Å². The summed E-state index contributed by atoms with van der Waals surface area (Å²) in [5.41, 5.74) is 3.21. The van der Waals surface area contributed by atoms with Gasteiger partial charge in [-0.25, -0.2) is 4.98 Å². The number of phenolic OH excluding ortho intramolecular Hbond substituents is 1. The number of hydrogen-bond acceptors (Lipinski definition) is 4. The van der Waals surface area contributed by atoms with Crippen LogP contribution in [0.4, 0.5) is 0 Å². The Balaban J connectivity index is 1.94. The molecular weight excluding hydrogens is 326 g/mol. The first-order chi connectivity index (χ1) is 12.7. The van der Waals surface area contributed by atoms with Crippen molar-refractivity contribution < 1.29 is 9.84 Å². The smallest absolute Gasteiger partial charge is 0.228 e. The normalized spacial score (nSPS) is 15.0. The van der Waals surface area contributed by atoms with E-state index < -0.39 is 0 Å². The summed E-state index contributed by atoms with van der Waals surface area (Å²) < 4.78 is 7.83. The summed E-state index contributed by atoms with van der Waals surface area (Å²) in [6.07, 6.45) is 3.73. The van der Waals surface area contributed by atoms with Crippen molar-refractivity contribution in [2.45, 2.75) is 32.2 Å². The van der Waals surface area contributed by atoms with Gasteiger partial charge in [-0.2, -0.15) is 0 Å². The van der Waals surface area contributed by atoms with Crippen LogP contribution in [0.3, 0.4) is 0 Å². The molecule has 0 aliphatic carbocycles. The minimum Gasteiger partial charge on any atom is -0.508 e. The van der Waals surface area contributed by atoms with Gasteiger partial charge in [-0.3, -0.25) is 5.41 Å². The summed E-state index contributed by atoms with van der Waals surface area (Å²) in [4.78, 5) is 4.48.